The van der Waals surface area contributed by atoms with E-state index in [-0.39, 0.29) is 42.3 Å². The number of pyridine rings is 2. The number of aromatic nitrogens is 3. The fourth-order valence-corrected chi connectivity index (χ4v) is 11.2. The number of nitrogens with zero attached hydrogens (tertiary/aromatic N) is 7. The molecule has 1 atom stereocenters. The molecule has 4 N–H and O–H groups in total. The van der Waals surface area contributed by atoms with Gasteiger partial charge in [-0.1, -0.05) is 30.7 Å². The van der Waals surface area contributed by atoms with E-state index in [0.29, 0.717) is 66.9 Å². The highest BCUT2D eigenvalue weighted by atomic mass is 19.1. The van der Waals surface area contributed by atoms with E-state index in [9.17, 15) is 23.6 Å². The first kappa shape index (κ1) is 45.5. The lowest BCUT2D eigenvalue weighted by Crippen LogP contribution is -2.64. The Hall–Kier alpha value is -6.27. The minimum absolute atomic E-state index is 0.0969. The Balaban J connectivity index is 0.744. The zero-order valence-electron chi connectivity index (χ0n) is 38.9. The number of carbonyl (C=O) groups excluding carboxylic acids is 4. The number of piperidine rings is 2. The van der Waals surface area contributed by atoms with Crippen molar-refractivity contribution in [2.75, 3.05) is 76.8 Å². The third-order valence-corrected chi connectivity index (χ3v) is 14.4. The number of imidazole rings is 1. The van der Waals surface area contributed by atoms with Gasteiger partial charge in [0.1, 0.15) is 22.9 Å². The summed E-state index contributed by atoms with van der Waals surface area (Å²) in [6.07, 6.45) is 9.02. The van der Waals surface area contributed by atoms with Crippen LogP contribution in [-0.2, 0) is 33.1 Å². The van der Waals surface area contributed by atoms with Crippen molar-refractivity contribution in [3.63, 3.8) is 0 Å². The Morgan fingerprint density at radius 1 is 0.912 bits per heavy atom. The smallest absolute Gasteiger partial charge is 0.256 e. The van der Waals surface area contributed by atoms with Crippen LogP contribution in [0.25, 0.3) is 16.9 Å². The summed E-state index contributed by atoms with van der Waals surface area (Å²) in [6, 6.07) is 18.1. The highest BCUT2D eigenvalue weighted by Crippen LogP contribution is 2.48. The molecule has 16 nitrogen and oxygen atoms in total. The Morgan fingerprint density at radius 2 is 1.71 bits per heavy atom. The summed E-state index contributed by atoms with van der Waals surface area (Å²) in [5.41, 5.74) is 7.21. The number of amides is 4. The summed E-state index contributed by atoms with van der Waals surface area (Å²) in [5, 5.41) is 12.3. The van der Waals surface area contributed by atoms with Crippen molar-refractivity contribution in [2.45, 2.75) is 76.2 Å². The average Bonchev–Trinajstić information content (AvgIpc) is 4.01. The predicted octanol–water partition coefficient (Wildman–Crippen LogP) is 5.40. The number of fused-ring (bicyclic) bond motifs is 3. The zero-order chi connectivity index (χ0) is 46.9. The molecule has 5 aromatic rings. The van der Waals surface area contributed by atoms with Gasteiger partial charge in [-0.3, -0.25) is 33.8 Å². The van der Waals surface area contributed by atoms with Crippen LogP contribution in [0.4, 0.5) is 21.6 Å². The van der Waals surface area contributed by atoms with E-state index in [1.54, 1.807) is 12.4 Å². The third-order valence-electron chi connectivity index (χ3n) is 14.4. The van der Waals surface area contributed by atoms with Gasteiger partial charge in [-0.2, -0.15) is 0 Å². The Bertz CT molecular complexity index is 2710. The molecule has 3 fully saturated rings. The van der Waals surface area contributed by atoms with Crippen LogP contribution in [0.15, 0.2) is 73.1 Å². The number of halogens is 1. The van der Waals surface area contributed by atoms with E-state index in [2.05, 4.69) is 53.1 Å². The molecular formula is C51H60FN11O5. The number of ether oxygens (including phenoxy) is 1. The van der Waals surface area contributed by atoms with Crippen LogP contribution in [0.2, 0.25) is 0 Å². The van der Waals surface area contributed by atoms with Crippen molar-refractivity contribution in [3.8, 4) is 11.3 Å². The fraction of sp³-hybridized carbons (Fsp3) is 0.451. The van der Waals surface area contributed by atoms with Crippen LogP contribution in [-0.4, -0.2) is 125 Å². The number of anilines is 3. The lowest BCUT2D eigenvalue weighted by molar-refractivity contribution is -0.138. The van der Waals surface area contributed by atoms with Crippen LogP contribution < -0.4 is 26.2 Å². The molecule has 5 aliphatic rings. The summed E-state index contributed by atoms with van der Waals surface area (Å²) in [7, 11) is 4.07. The number of carbonyl (C=O) groups is 4. The molecule has 3 aromatic heterocycles. The van der Waals surface area contributed by atoms with Crippen LogP contribution in [0.5, 0.6) is 0 Å². The van der Waals surface area contributed by atoms with Gasteiger partial charge in [0.05, 0.1) is 40.6 Å². The van der Waals surface area contributed by atoms with E-state index in [0.717, 1.165) is 105 Å². The maximum absolute atomic E-state index is 14.2. The molecule has 10 rings (SSSR count). The van der Waals surface area contributed by atoms with Crippen molar-refractivity contribution in [3.05, 3.63) is 107 Å². The van der Waals surface area contributed by atoms with Gasteiger partial charge >= 0.3 is 0 Å². The normalized spacial score (nSPS) is 20.4. The fourth-order valence-electron chi connectivity index (χ4n) is 11.2. The monoisotopic (exact) mass is 925 g/mol. The number of rotatable bonds is 16. The lowest BCUT2D eigenvalue weighted by atomic mass is 9.88. The number of unbranched alkanes of at least 4 members (excludes halogenated alkanes) is 2. The SMILES string of the molecule is CN(C)Cc1nc(Nc2ccc(-c3cnc4cc(F)ccn34)c3c2C(=O)NC3)ccc1N1CCC(COCCCCCC2(N3CCNCC3)c3ccccc3C(=O)N2C2CC(=O)NC(=O)C2)CC1. The van der Waals surface area contributed by atoms with E-state index in [4.69, 9.17) is 9.72 Å². The number of hydrogen-bond donors (Lipinski definition) is 4. The van der Waals surface area contributed by atoms with E-state index in [1.165, 1.54) is 12.1 Å². The second-order valence-corrected chi connectivity index (χ2v) is 19.1. The van der Waals surface area contributed by atoms with Crippen LogP contribution in [0, 0.1) is 11.7 Å². The molecule has 3 saturated heterocycles. The topological polar surface area (TPSA) is 169 Å². The van der Waals surface area contributed by atoms with Gasteiger partial charge in [0.2, 0.25) is 11.8 Å². The van der Waals surface area contributed by atoms with Gasteiger partial charge in [0.15, 0.2) is 0 Å². The van der Waals surface area contributed by atoms with Gasteiger partial charge in [-0.25, -0.2) is 14.4 Å². The lowest BCUT2D eigenvalue weighted by Gasteiger charge is -2.52. The molecule has 1 unspecified atom stereocenters. The maximum atomic E-state index is 14.2. The first-order valence-corrected chi connectivity index (χ1v) is 24.1. The molecule has 8 heterocycles. The molecule has 0 aliphatic carbocycles. The molecule has 2 aromatic carbocycles. The number of piperazine rings is 1. The van der Waals surface area contributed by atoms with Crippen LogP contribution in [0.1, 0.15) is 88.9 Å². The van der Waals surface area contributed by atoms with Gasteiger partial charge in [0, 0.05) is 107 Å². The minimum atomic E-state index is -0.723. The van der Waals surface area contributed by atoms with Crippen molar-refractivity contribution in [2.24, 2.45) is 5.92 Å². The Labute approximate surface area is 395 Å². The van der Waals surface area contributed by atoms with Crippen LogP contribution in [0.3, 0.4) is 0 Å². The summed E-state index contributed by atoms with van der Waals surface area (Å²) < 4.78 is 22.1. The first-order valence-electron chi connectivity index (χ1n) is 24.1. The Morgan fingerprint density at radius 3 is 2.50 bits per heavy atom. The predicted molar refractivity (Wildman–Crippen MR) is 256 cm³/mol. The Kier molecular flexibility index (Phi) is 13.0. The molecule has 4 amide bonds. The number of nitrogens with one attached hydrogen (secondary N) is 4. The van der Waals surface area contributed by atoms with Crippen molar-refractivity contribution in [1.82, 2.24) is 45.0 Å². The first-order chi connectivity index (χ1) is 33.1. The molecule has 0 bridgehead atoms. The van der Waals surface area contributed by atoms with Crippen molar-refractivity contribution in [1.29, 1.82) is 0 Å². The highest BCUT2D eigenvalue weighted by Gasteiger charge is 2.56. The molecular weight excluding hydrogens is 866 g/mol. The standard InChI is InChI=1S/C51H60FN11O5/c1-59(2)31-41-42(12-13-44(57-41)56-40-11-10-36(38-29-55-49(66)48(38)40)43-30-54-45-26-34(52)16-22-62(43)45)60-20-14-33(15-21-60)32-68-25-7-3-6-17-51(61-23-18-53-19-24-61)39-9-5-4-8-37(39)50(67)63(51)35-27-46(64)58-47(65)28-35/h4-5,8-13,16,22,26,30,33,35,53H,3,6-7,14-15,17-21,23-25,27-29,31-32H2,1-2H3,(H,55,66)(H,56,57)(H,58,64,65). The summed E-state index contributed by atoms with van der Waals surface area (Å²) in [4.78, 5) is 71.1. The molecule has 68 heavy (non-hydrogen) atoms. The van der Waals surface area contributed by atoms with E-state index < -0.39 is 11.7 Å². The molecule has 17 heteroatoms. The third kappa shape index (κ3) is 8.83. The van der Waals surface area contributed by atoms with Crippen molar-refractivity contribution < 1.29 is 28.3 Å². The largest absolute Gasteiger partial charge is 0.381 e. The number of imide groups is 1. The number of hydrogen-bond acceptors (Lipinski definition) is 12. The van der Waals surface area contributed by atoms with Gasteiger partial charge in [-0.15, -0.1) is 0 Å². The highest BCUT2D eigenvalue weighted by molar-refractivity contribution is 6.06. The molecule has 0 radical (unpaired) electrons. The molecule has 356 valence electrons. The maximum Gasteiger partial charge on any atom is 0.256 e. The second-order valence-electron chi connectivity index (χ2n) is 19.1. The summed E-state index contributed by atoms with van der Waals surface area (Å²) in [6.45, 7) is 7.33. The molecule has 5 aliphatic heterocycles. The quantitative estimate of drug-likeness (QED) is 0.0737. The minimum Gasteiger partial charge on any atom is -0.381 e. The number of benzene rings is 2. The van der Waals surface area contributed by atoms with E-state index >= 15 is 0 Å². The molecule has 0 saturated carbocycles. The average molecular weight is 926 g/mol. The van der Waals surface area contributed by atoms with E-state index in [1.807, 2.05) is 59.8 Å². The van der Waals surface area contributed by atoms with Crippen molar-refractivity contribution >= 4 is 46.5 Å². The van der Waals surface area contributed by atoms with Gasteiger partial charge in [-0.05, 0) is 88.0 Å². The van der Waals surface area contributed by atoms with Gasteiger partial charge < -0.3 is 35.4 Å². The summed E-state index contributed by atoms with van der Waals surface area (Å²) in [5.74, 6) is -0.165. The summed E-state index contributed by atoms with van der Waals surface area (Å²) >= 11 is 0. The zero-order valence-corrected chi connectivity index (χ0v) is 38.9. The van der Waals surface area contributed by atoms with Crippen LogP contribution >= 0.6 is 0 Å². The molecule has 0 spiro atoms. The second kappa shape index (κ2) is 19.4. The van der Waals surface area contributed by atoms with Gasteiger partial charge in [0.25, 0.3) is 11.8 Å².